The van der Waals surface area contributed by atoms with Crippen LogP contribution in [0.15, 0.2) is 24.3 Å². The summed E-state index contributed by atoms with van der Waals surface area (Å²) in [6.07, 6.45) is 0.818. The molecule has 5 nitrogen and oxygen atoms in total. The van der Waals surface area contributed by atoms with E-state index in [1.807, 2.05) is 0 Å². The van der Waals surface area contributed by atoms with Gasteiger partial charge in [0.2, 0.25) is 0 Å². The van der Waals surface area contributed by atoms with Gasteiger partial charge in [-0.2, -0.15) is 5.84 Å². The largest absolute Gasteiger partial charge is 0.613 e. The van der Waals surface area contributed by atoms with Gasteiger partial charge in [-0.05, 0) is 12.1 Å². The Kier molecular flexibility index (Phi) is 5.37. The maximum atomic E-state index is 11.4. The molecule has 94 valence electrons. The van der Waals surface area contributed by atoms with Crippen LogP contribution in [-0.4, -0.2) is 13.0 Å². The fourth-order valence-electron chi connectivity index (χ4n) is 1.57. The molecule has 0 aliphatic heterocycles. The lowest BCUT2D eigenvalue weighted by molar-refractivity contribution is -0.895. The lowest BCUT2D eigenvalue weighted by Crippen LogP contribution is -3.13. The molecule has 2 atom stereocenters. The van der Waals surface area contributed by atoms with Crippen molar-refractivity contribution in [3.05, 3.63) is 40.1 Å². The van der Waals surface area contributed by atoms with Crippen molar-refractivity contribution in [1.29, 1.82) is 5.41 Å². The number of ether oxygens (including phenoxy) is 1. The molecule has 0 radical (unpaired) electrons. The quantitative estimate of drug-likeness (QED) is 0.319. The van der Waals surface area contributed by atoms with Crippen LogP contribution >= 0.6 is 11.6 Å². The van der Waals surface area contributed by atoms with E-state index in [1.165, 1.54) is 7.11 Å². The highest BCUT2D eigenvalue weighted by Crippen LogP contribution is 2.19. The van der Waals surface area contributed by atoms with Crippen LogP contribution in [0.1, 0.15) is 24.4 Å². The monoisotopic (exact) mass is 257 g/mol. The predicted octanol–water partition coefficient (Wildman–Crippen LogP) is 1.04. The first-order chi connectivity index (χ1) is 8.04. The highest BCUT2D eigenvalue weighted by atomic mass is 35.5. The van der Waals surface area contributed by atoms with E-state index in [1.54, 1.807) is 24.3 Å². The molecular formula is C11H16ClN3O2. The Morgan fingerprint density at radius 3 is 2.88 bits per heavy atom. The number of quaternary nitrogens is 1. The average Bonchev–Trinajstić information content (AvgIpc) is 2.28. The third-order valence-corrected chi connectivity index (χ3v) is 2.74. The van der Waals surface area contributed by atoms with Crippen molar-refractivity contribution in [2.24, 2.45) is 5.84 Å². The lowest BCUT2D eigenvalue weighted by Gasteiger charge is -2.26. The van der Waals surface area contributed by atoms with Gasteiger partial charge in [-0.1, -0.05) is 23.7 Å². The fraction of sp³-hybridized carbons (Fsp3) is 0.364. The van der Waals surface area contributed by atoms with E-state index in [0.717, 1.165) is 5.56 Å². The van der Waals surface area contributed by atoms with Crippen LogP contribution in [-0.2, 0) is 4.74 Å². The summed E-state index contributed by atoms with van der Waals surface area (Å²) in [5, 5.41) is 18.9. The van der Waals surface area contributed by atoms with Gasteiger partial charge in [0.1, 0.15) is 6.04 Å². The normalized spacial score (nSPS) is 14.1. The molecule has 0 saturated heterocycles. The third-order valence-electron chi connectivity index (χ3n) is 2.50. The Bertz CT molecular complexity index is 385. The minimum Gasteiger partial charge on any atom is -0.613 e. The van der Waals surface area contributed by atoms with Crippen molar-refractivity contribution < 1.29 is 9.91 Å². The molecule has 6 heteroatoms. The number of hydrogen-bond acceptors (Lipinski definition) is 4. The van der Waals surface area contributed by atoms with E-state index in [4.69, 9.17) is 27.6 Å². The van der Waals surface area contributed by atoms with Gasteiger partial charge in [-0.3, -0.25) is 10.6 Å². The van der Waals surface area contributed by atoms with Gasteiger partial charge in [0.25, 0.3) is 0 Å². The van der Waals surface area contributed by atoms with Crippen LogP contribution in [0.5, 0.6) is 0 Å². The molecule has 0 bridgehead atoms. The lowest BCUT2D eigenvalue weighted by atomic mass is 10.0. The predicted molar refractivity (Wildman–Crippen MR) is 66.7 cm³/mol. The zero-order valence-corrected chi connectivity index (χ0v) is 10.3. The van der Waals surface area contributed by atoms with E-state index in [-0.39, 0.29) is 5.90 Å². The number of nitrogens with two attached hydrogens (primary N) is 1. The first-order valence-electron chi connectivity index (χ1n) is 5.20. The Morgan fingerprint density at radius 2 is 2.35 bits per heavy atom. The van der Waals surface area contributed by atoms with Gasteiger partial charge in [-0.15, -0.1) is 0 Å². The molecule has 0 aromatic heterocycles. The van der Waals surface area contributed by atoms with Crippen LogP contribution in [0.4, 0.5) is 0 Å². The van der Waals surface area contributed by atoms with Crippen LogP contribution in [0.2, 0.25) is 5.02 Å². The minimum atomic E-state index is -0.441. The van der Waals surface area contributed by atoms with Gasteiger partial charge in [0.05, 0.1) is 7.11 Å². The Labute approximate surface area is 105 Å². The third kappa shape index (κ3) is 4.32. The number of rotatable bonds is 5. The first kappa shape index (κ1) is 13.9. The summed E-state index contributed by atoms with van der Waals surface area (Å²) in [5.74, 6) is 5.49. The molecule has 4 N–H and O–H groups in total. The van der Waals surface area contributed by atoms with Gasteiger partial charge < -0.3 is 9.94 Å². The second kappa shape index (κ2) is 6.56. The van der Waals surface area contributed by atoms with Crippen LogP contribution < -0.4 is 11.0 Å². The van der Waals surface area contributed by atoms with Gasteiger partial charge in [-0.25, -0.2) is 0 Å². The van der Waals surface area contributed by atoms with Crippen molar-refractivity contribution >= 4 is 17.5 Å². The topological polar surface area (TPSA) is 86.6 Å². The molecule has 0 spiro atoms. The first-order valence-corrected chi connectivity index (χ1v) is 5.58. The number of nitrogens with one attached hydrogen (secondary N) is 2. The Balaban J connectivity index is 2.75. The number of benzene rings is 1. The van der Waals surface area contributed by atoms with E-state index in [0.29, 0.717) is 17.9 Å². The number of hydroxylamine groups is 1. The van der Waals surface area contributed by atoms with E-state index >= 15 is 0 Å². The van der Waals surface area contributed by atoms with Crippen molar-refractivity contribution in [3.8, 4) is 0 Å². The Morgan fingerprint density at radius 1 is 1.65 bits per heavy atom. The summed E-state index contributed by atoms with van der Waals surface area (Å²) in [6, 6.07) is 6.59. The van der Waals surface area contributed by atoms with E-state index < -0.39 is 11.2 Å². The molecule has 0 heterocycles. The number of methoxy groups -OCH3 is 1. The highest BCUT2D eigenvalue weighted by Gasteiger charge is 2.17. The second-order valence-corrected chi connectivity index (χ2v) is 4.11. The molecule has 1 aromatic rings. The summed E-state index contributed by atoms with van der Waals surface area (Å²) >= 11 is 5.86. The fourth-order valence-corrected chi connectivity index (χ4v) is 1.77. The van der Waals surface area contributed by atoms with Crippen molar-refractivity contribution in [2.45, 2.75) is 18.9 Å². The molecule has 1 rings (SSSR count). The Hall–Kier alpha value is -1.14. The van der Waals surface area contributed by atoms with Crippen molar-refractivity contribution in [1.82, 2.24) is 0 Å². The van der Waals surface area contributed by atoms with Crippen LogP contribution in [0.3, 0.4) is 0 Å². The SMILES string of the molecule is COC(=N)CCC(c1cccc(Cl)c1)[NH+](N)[O-]. The summed E-state index contributed by atoms with van der Waals surface area (Å²) in [4.78, 5) is 0. The molecule has 1 aromatic carbocycles. The van der Waals surface area contributed by atoms with Crippen LogP contribution in [0.25, 0.3) is 0 Å². The molecule has 0 aliphatic rings. The summed E-state index contributed by atoms with van der Waals surface area (Å²) in [6.45, 7) is 0. The maximum absolute atomic E-state index is 11.4. The molecule has 0 aliphatic carbocycles. The number of halogens is 1. The van der Waals surface area contributed by atoms with E-state index in [2.05, 4.69) is 0 Å². The van der Waals surface area contributed by atoms with Gasteiger partial charge in [0, 0.05) is 23.4 Å². The van der Waals surface area contributed by atoms with Crippen molar-refractivity contribution in [3.63, 3.8) is 0 Å². The molecule has 0 amide bonds. The maximum Gasteiger partial charge on any atom is 0.180 e. The summed E-state index contributed by atoms with van der Waals surface area (Å²) in [7, 11) is 1.43. The molecule has 17 heavy (non-hydrogen) atoms. The smallest absolute Gasteiger partial charge is 0.180 e. The number of hydrogen-bond donors (Lipinski definition) is 3. The van der Waals surface area contributed by atoms with Gasteiger partial charge in [0.15, 0.2) is 5.90 Å². The second-order valence-electron chi connectivity index (χ2n) is 3.68. The molecular weight excluding hydrogens is 242 g/mol. The molecule has 0 fully saturated rings. The minimum absolute atomic E-state index is 0.137. The van der Waals surface area contributed by atoms with Gasteiger partial charge >= 0.3 is 0 Å². The summed E-state index contributed by atoms with van der Waals surface area (Å²) in [5.41, 5.74) is 0.772. The molecule has 0 saturated carbocycles. The molecule has 2 unspecified atom stereocenters. The zero-order chi connectivity index (χ0) is 12.8. The standard InChI is InChI=1S/C11H16ClN3O2/c1-17-11(13)6-5-10(15(14)16)8-3-2-4-9(12)7-8/h2-4,7,10,13,15H,5-6,14H2,1H3. The zero-order valence-electron chi connectivity index (χ0n) is 9.57. The average molecular weight is 258 g/mol. The van der Waals surface area contributed by atoms with Crippen molar-refractivity contribution in [2.75, 3.05) is 7.11 Å². The van der Waals surface area contributed by atoms with Crippen LogP contribution in [0, 0.1) is 10.6 Å². The van der Waals surface area contributed by atoms with E-state index in [9.17, 15) is 5.21 Å². The highest BCUT2D eigenvalue weighted by molar-refractivity contribution is 6.30. The summed E-state index contributed by atoms with van der Waals surface area (Å²) < 4.78 is 4.75.